The smallest absolute Gasteiger partial charge is 0.404 e. The molecule has 1 aromatic carbocycles. The minimum Gasteiger partial charge on any atom is -0.404 e. The van der Waals surface area contributed by atoms with Crippen molar-refractivity contribution in [1.29, 1.82) is 0 Å². The summed E-state index contributed by atoms with van der Waals surface area (Å²) in [6.07, 6.45) is -0.0922. The Labute approximate surface area is 200 Å². The molecular formula is C22H21F3N4O3S2. The normalized spacial score (nSPS) is 15.0. The van der Waals surface area contributed by atoms with Crippen molar-refractivity contribution in [3.05, 3.63) is 53.8 Å². The predicted molar refractivity (Wildman–Crippen MR) is 125 cm³/mol. The van der Waals surface area contributed by atoms with E-state index in [9.17, 15) is 22.2 Å². The standard InChI is InChI=1S/C22H21F3N4O3S2/c1-21(2,18-12-33-20(28-18)29-34(31)15-6-7-15)19(30)27-16-8-5-13(14-4-3-9-26-11-14)10-17(16)32-22(23,24)25/h3-5,8-12,15H,6-7H2,1-2H3,(H,27,30)(H,28,29). The number of amides is 1. The van der Waals surface area contributed by atoms with Gasteiger partial charge < -0.3 is 10.1 Å². The van der Waals surface area contributed by atoms with Gasteiger partial charge in [-0.1, -0.05) is 12.1 Å². The fourth-order valence-electron chi connectivity index (χ4n) is 3.00. The number of aromatic nitrogens is 2. The molecule has 0 radical (unpaired) electrons. The number of carbonyl (C=O) groups excluding carboxylic acids is 1. The van der Waals surface area contributed by atoms with Crippen LogP contribution >= 0.6 is 11.3 Å². The number of nitrogens with one attached hydrogen (secondary N) is 2. The average Bonchev–Trinajstić information content (AvgIpc) is 3.53. The van der Waals surface area contributed by atoms with Crippen LogP contribution in [0.5, 0.6) is 5.75 Å². The van der Waals surface area contributed by atoms with Crippen LogP contribution < -0.4 is 14.8 Å². The number of rotatable bonds is 8. The van der Waals surface area contributed by atoms with Crippen molar-refractivity contribution in [2.75, 3.05) is 10.0 Å². The van der Waals surface area contributed by atoms with Crippen LogP contribution in [0, 0.1) is 0 Å². The second-order valence-corrected chi connectivity index (χ2v) is 10.5. The Balaban J connectivity index is 1.56. The number of nitrogens with zero attached hydrogens (tertiary/aromatic N) is 2. The summed E-state index contributed by atoms with van der Waals surface area (Å²) >= 11 is 1.21. The van der Waals surface area contributed by atoms with E-state index in [0.717, 1.165) is 12.8 Å². The molecule has 1 fully saturated rings. The molecule has 1 atom stereocenters. The molecule has 1 amide bonds. The number of ether oxygens (including phenoxy) is 1. The van der Waals surface area contributed by atoms with Crippen LogP contribution in [0.1, 0.15) is 32.4 Å². The molecule has 3 aromatic rings. The Hall–Kier alpha value is -2.99. The maximum atomic E-state index is 13.1. The zero-order valence-electron chi connectivity index (χ0n) is 18.2. The molecular weight excluding hydrogens is 489 g/mol. The minimum absolute atomic E-state index is 0.116. The van der Waals surface area contributed by atoms with E-state index in [-0.39, 0.29) is 10.9 Å². The highest BCUT2D eigenvalue weighted by Gasteiger charge is 2.36. The van der Waals surface area contributed by atoms with Crippen molar-refractivity contribution >= 4 is 39.0 Å². The third-order valence-corrected chi connectivity index (χ3v) is 7.54. The SMILES string of the molecule is CC(C)(C(=O)Nc1ccc(-c2cccnc2)cc1OC(F)(F)F)c1csc(NS(=O)C2CC2)n1. The van der Waals surface area contributed by atoms with E-state index >= 15 is 0 Å². The second kappa shape index (κ2) is 9.34. The number of alkyl halides is 3. The van der Waals surface area contributed by atoms with Crippen molar-refractivity contribution in [2.45, 2.75) is 43.7 Å². The molecule has 0 aliphatic heterocycles. The Morgan fingerprint density at radius 1 is 1.21 bits per heavy atom. The number of thiazole rings is 1. The molecule has 12 heteroatoms. The minimum atomic E-state index is -4.95. The molecule has 4 rings (SSSR count). The lowest BCUT2D eigenvalue weighted by Gasteiger charge is -2.23. The molecule has 0 spiro atoms. The van der Waals surface area contributed by atoms with E-state index in [4.69, 9.17) is 0 Å². The monoisotopic (exact) mass is 510 g/mol. The van der Waals surface area contributed by atoms with Crippen LogP contribution in [-0.4, -0.2) is 31.7 Å². The van der Waals surface area contributed by atoms with Gasteiger partial charge in [0.1, 0.15) is 11.0 Å². The topological polar surface area (TPSA) is 93.2 Å². The van der Waals surface area contributed by atoms with Gasteiger partial charge in [0.2, 0.25) is 5.91 Å². The summed E-state index contributed by atoms with van der Waals surface area (Å²) in [6, 6.07) is 7.48. The highest BCUT2D eigenvalue weighted by atomic mass is 32.2. The molecule has 2 aromatic heterocycles. The Morgan fingerprint density at radius 3 is 2.62 bits per heavy atom. The molecule has 34 heavy (non-hydrogen) atoms. The summed E-state index contributed by atoms with van der Waals surface area (Å²) in [5.74, 6) is -1.12. The first-order chi connectivity index (χ1) is 16.0. The van der Waals surface area contributed by atoms with Gasteiger partial charge >= 0.3 is 6.36 Å². The van der Waals surface area contributed by atoms with Gasteiger partial charge in [0.25, 0.3) is 0 Å². The van der Waals surface area contributed by atoms with Gasteiger partial charge in [-0.2, -0.15) is 0 Å². The molecule has 0 bridgehead atoms. The van der Waals surface area contributed by atoms with Crippen molar-refractivity contribution in [1.82, 2.24) is 9.97 Å². The molecule has 1 saturated carbocycles. The summed E-state index contributed by atoms with van der Waals surface area (Å²) < 4.78 is 58.3. The zero-order valence-corrected chi connectivity index (χ0v) is 19.8. The molecule has 2 N–H and O–H groups in total. The first kappa shape index (κ1) is 24.1. The van der Waals surface area contributed by atoms with Crippen LogP contribution in [-0.2, 0) is 21.2 Å². The van der Waals surface area contributed by atoms with Crippen LogP contribution in [0.25, 0.3) is 11.1 Å². The van der Waals surface area contributed by atoms with Gasteiger partial charge in [-0.05, 0) is 50.5 Å². The molecule has 1 aliphatic carbocycles. The first-order valence-corrected chi connectivity index (χ1v) is 12.4. The van der Waals surface area contributed by atoms with Gasteiger partial charge in [-0.3, -0.25) is 14.5 Å². The van der Waals surface area contributed by atoms with E-state index < -0.39 is 34.4 Å². The van der Waals surface area contributed by atoms with Crippen molar-refractivity contribution in [3.63, 3.8) is 0 Å². The Kier molecular flexibility index (Phi) is 6.63. The van der Waals surface area contributed by atoms with E-state index in [1.165, 1.54) is 29.7 Å². The fourth-order valence-corrected chi connectivity index (χ4v) is 5.11. The number of hydrogen-bond acceptors (Lipinski definition) is 6. The Bertz CT molecular complexity index is 1210. The lowest BCUT2D eigenvalue weighted by molar-refractivity contribution is -0.274. The fraction of sp³-hybridized carbons (Fsp3) is 0.318. The second-order valence-electron chi connectivity index (χ2n) is 8.22. The molecule has 0 saturated heterocycles. The van der Waals surface area contributed by atoms with Gasteiger partial charge in [-0.25, -0.2) is 9.19 Å². The van der Waals surface area contributed by atoms with E-state index in [1.807, 2.05) is 0 Å². The number of pyridine rings is 1. The van der Waals surface area contributed by atoms with Gasteiger partial charge in [-0.15, -0.1) is 24.5 Å². The summed E-state index contributed by atoms with van der Waals surface area (Å²) in [5.41, 5.74) is 0.124. The number of benzene rings is 1. The summed E-state index contributed by atoms with van der Waals surface area (Å²) in [5, 5.41) is 4.73. The van der Waals surface area contributed by atoms with Gasteiger partial charge in [0.15, 0.2) is 10.9 Å². The summed E-state index contributed by atoms with van der Waals surface area (Å²) in [4.78, 5) is 21.4. The molecule has 7 nitrogen and oxygen atoms in total. The van der Waals surface area contributed by atoms with Gasteiger partial charge in [0.05, 0.1) is 22.0 Å². The molecule has 180 valence electrons. The van der Waals surface area contributed by atoms with Crippen molar-refractivity contribution < 1.29 is 26.9 Å². The van der Waals surface area contributed by atoms with Gasteiger partial charge in [0, 0.05) is 23.3 Å². The predicted octanol–water partition coefficient (Wildman–Crippen LogP) is 5.26. The highest BCUT2D eigenvalue weighted by Crippen LogP contribution is 2.36. The lowest BCUT2D eigenvalue weighted by Crippen LogP contribution is -2.35. The third kappa shape index (κ3) is 5.73. The first-order valence-electron chi connectivity index (χ1n) is 10.3. The molecule has 2 heterocycles. The average molecular weight is 511 g/mol. The van der Waals surface area contributed by atoms with Crippen LogP contribution in [0.15, 0.2) is 48.1 Å². The molecule has 1 unspecified atom stereocenters. The number of hydrogen-bond donors (Lipinski definition) is 2. The number of halogens is 3. The quantitative estimate of drug-likeness (QED) is 0.431. The number of carbonyl (C=O) groups is 1. The maximum Gasteiger partial charge on any atom is 0.573 e. The van der Waals surface area contributed by atoms with Crippen molar-refractivity contribution in [2.24, 2.45) is 0 Å². The zero-order chi connectivity index (χ0) is 24.5. The van der Waals surface area contributed by atoms with Crippen molar-refractivity contribution in [3.8, 4) is 16.9 Å². The van der Waals surface area contributed by atoms with E-state index in [2.05, 4.69) is 24.7 Å². The summed E-state index contributed by atoms with van der Waals surface area (Å²) in [6.45, 7) is 3.21. The van der Waals surface area contributed by atoms with Crippen LogP contribution in [0.2, 0.25) is 0 Å². The highest BCUT2D eigenvalue weighted by molar-refractivity contribution is 7.87. The molecule has 1 aliphatic rings. The van der Waals surface area contributed by atoms with Crippen LogP contribution in [0.3, 0.4) is 0 Å². The van der Waals surface area contributed by atoms with E-state index in [1.54, 1.807) is 43.6 Å². The van der Waals surface area contributed by atoms with E-state index in [0.29, 0.717) is 22.0 Å². The Morgan fingerprint density at radius 2 is 1.97 bits per heavy atom. The maximum absolute atomic E-state index is 13.1. The largest absolute Gasteiger partial charge is 0.573 e. The summed E-state index contributed by atoms with van der Waals surface area (Å²) in [7, 11) is -1.23. The third-order valence-electron chi connectivity index (χ3n) is 5.18. The lowest BCUT2D eigenvalue weighted by atomic mass is 9.89. The number of anilines is 2. The van der Waals surface area contributed by atoms with Crippen LogP contribution in [0.4, 0.5) is 24.0 Å².